The number of benzene rings is 1. The summed E-state index contributed by atoms with van der Waals surface area (Å²) >= 11 is 3.46. The third kappa shape index (κ3) is 2.65. The van der Waals surface area contributed by atoms with Crippen LogP contribution >= 0.6 is 15.9 Å². The summed E-state index contributed by atoms with van der Waals surface area (Å²) in [4.78, 5) is 14.5. The van der Waals surface area contributed by atoms with Gasteiger partial charge in [0.1, 0.15) is 0 Å². The van der Waals surface area contributed by atoms with Crippen molar-refractivity contribution in [2.24, 2.45) is 17.8 Å². The Labute approximate surface area is 129 Å². The van der Waals surface area contributed by atoms with Crippen molar-refractivity contribution < 1.29 is 4.79 Å². The largest absolute Gasteiger partial charge is 0.341 e. The minimum atomic E-state index is 0.159. The van der Waals surface area contributed by atoms with Crippen molar-refractivity contribution >= 4 is 21.8 Å². The number of amides is 1. The van der Waals surface area contributed by atoms with Gasteiger partial charge in [-0.25, -0.2) is 0 Å². The van der Waals surface area contributed by atoms with Crippen LogP contribution in [0.15, 0.2) is 22.7 Å². The molecule has 0 heterocycles. The Morgan fingerprint density at radius 2 is 2.15 bits per heavy atom. The zero-order valence-electron chi connectivity index (χ0n) is 12.2. The highest BCUT2D eigenvalue weighted by Gasteiger charge is 2.40. The summed E-state index contributed by atoms with van der Waals surface area (Å²) in [5, 5.41) is 0. The highest BCUT2D eigenvalue weighted by Crippen LogP contribution is 2.48. The van der Waals surface area contributed by atoms with Crippen LogP contribution in [-0.2, 0) is 0 Å². The van der Waals surface area contributed by atoms with Gasteiger partial charge < -0.3 is 4.90 Å². The zero-order valence-corrected chi connectivity index (χ0v) is 13.8. The van der Waals surface area contributed by atoms with Gasteiger partial charge >= 0.3 is 0 Å². The smallest absolute Gasteiger partial charge is 0.253 e. The van der Waals surface area contributed by atoms with Crippen LogP contribution in [0, 0.1) is 24.7 Å². The van der Waals surface area contributed by atoms with Crippen LogP contribution in [0.5, 0.6) is 0 Å². The average Bonchev–Trinajstić information content (AvgIpc) is 3.03. The fourth-order valence-electron chi connectivity index (χ4n) is 4.07. The van der Waals surface area contributed by atoms with Crippen molar-refractivity contribution in [2.75, 3.05) is 13.6 Å². The van der Waals surface area contributed by atoms with E-state index in [-0.39, 0.29) is 5.91 Å². The van der Waals surface area contributed by atoms with Crippen LogP contribution in [-0.4, -0.2) is 24.4 Å². The van der Waals surface area contributed by atoms with Gasteiger partial charge in [-0.05, 0) is 61.6 Å². The van der Waals surface area contributed by atoms with E-state index in [0.717, 1.165) is 39.9 Å². The maximum atomic E-state index is 12.6. The van der Waals surface area contributed by atoms with Crippen molar-refractivity contribution in [3.05, 3.63) is 33.8 Å². The summed E-state index contributed by atoms with van der Waals surface area (Å²) < 4.78 is 0.972. The second-order valence-electron chi connectivity index (χ2n) is 6.58. The molecule has 3 heteroatoms. The highest BCUT2D eigenvalue weighted by molar-refractivity contribution is 9.10. The molecule has 3 atom stereocenters. The Morgan fingerprint density at radius 1 is 1.35 bits per heavy atom. The summed E-state index contributed by atoms with van der Waals surface area (Å²) in [5.74, 6) is 2.71. The third-order valence-corrected chi connectivity index (χ3v) is 5.66. The number of hydrogen-bond acceptors (Lipinski definition) is 1. The number of nitrogens with zero attached hydrogens (tertiary/aromatic N) is 1. The van der Waals surface area contributed by atoms with E-state index >= 15 is 0 Å². The molecular weight excluding hydrogens is 314 g/mol. The van der Waals surface area contributed by atoms with Gasteiger partial charge in [0, 0.05) is 23.6 Å². The first kappa shape index (κ1) is 14.1. The fourth-order valence-corrected chi connectivity index (χ4v) is 4.43. The van der Waals surface area contributed by atoms with Crippen molar-refractivity contribution in [1.82, 2.24) is 4.90 Å². The van der Waals surface area contributed by atoms with Crippen LogP contribution in [0.4, 0.5) is 0 Å². The molecule has 2 aliphatic carbocycles. The molecule has 2 bridgehead atoms. The number of fused-ring (bicyclic) bond motifs is 2. The molecule has 1 aromatic rings. The molecule has 2 nitrogen and oxygen atoms in total. The number of carbonyl (C=O) groups is 1. The fraction of sp³-hybridized carbons (Fsp3) is 0.588. The second kappa shape index (κ2) is 5.51. The van der Waals surface area contributed by atoms with Gasteiger partial charge in [-0.15, -0.1) is 0 Å². The van der Waals surface area contributed by atoms with Gasteiger partial charge in [-0.3, -0.25) is 4.79 Å². The monoisotopic (exact) mass is 335 g/mol. The molecule has 0 saturated heterocycles. The number of hydrogen-bond donors (Lipinski definition) is 0. The summed E-state index contributed by atoms with van der Waals surface area (Å²) in [7, 11) is 1.95. The third-order valence-electron chi connectivity index (χ3n) is 5.17. The standard InChI is InChI=1S/C17H22BrNO/c1-11-3-6-15(18)9-16(11)17(20)19(2)10-14-8-12-4-5-13(14)7-12/h3,6,9,12-14H,4-5,7-8,10H2,1-2H3. The maximum Gasteiger partial charge on any atom is 0.253 e. The lowest BCUT2D eigenvalue weighted by atomic mass is 9.88. The van der Waals surface area contributed by atoms with Crippen molar-refractivity contribution in [2.45, 2.75) is 32.6 Å². The normalized spacial score (nSPS) is 27.9. The Morgan fingerprint density at radius 3 is 2.80 bits per heavy atom. The van der Waals surface area contributed by atoms with Gasteiger partial charge in [0.15, 0.2) is 0 Å². The number of rotatable bonds is 3. The Bertz CT molecular complexity index is 528. The Balaban J connectivity index is 1.69. The Hall–Kier alpha value is -0.830. The summed E-state index contributed by atoms with van der Waals surface area (Å²) in [6.45, 7) is 2.93. The van der Waals surface area contributed by atoms with Crippen LogP contribution < -0.4 is 0 Å². The van der Waals surface area contributed by atoms with E-state index in [1.54, 1.807) is 0 Å². The van der Waals surface area contributed by atoms with E-state index in [4.69, 9.17) is 0 Å². The summed E-state index contributed by atoms with van der Waals surface area (Å²) in [5.41, 5.74) is 1.88. The van der Waals surface area contributed by atoms with E-state index < -0.39 is 0 Å². The lowest BCUT2D eigenvalue weighted by molar-refractivity contribution is 0.0753. The van der Waals surface area contributed by atoms with Crippen LogP contribution in [0.3, 0.4) is 0 Å². The number of aryl methyl sites for hydroxylation is 1. The van der Waals surface area contributed by atoms with Crippen LogP contribution in [0.2, 0.25) is 0 Å². The van der Waals surface area contributed by atoms with E-state index in [2.05, 4.69) is 15.9 Å². The van der Waals surface area contributed by atoms with Gasteiger partial charge in [0.2, 0.25) is 0 Å². The molecule has 2 aliphatic rings. The molecule has 0 spiro atoms. The molecule has 3 unspecified atom stereocenters. The average molecular weight is 336 g/mol. The molecule has 1 amide bonds. The Kier molecular flexibility index (Phi) is 3.89. The van der Waals surface area contributed by atoms with Gasteiger partial charge in [0.25, 0.3) is 5.91 Å². The molecule has 20 heavy (non-hydrogen) atoms. The first-order valence-corrected chi connectivity index (χ1v) is 8.35. The predicted octanol–water partition coefficient (Wildman–Crippen LogP) is 4.27. The molecule has 1 aromatic carbocycles. The molecule has 108 valence electrons. The molecule has 0 N–H and O–H groups in total. The van der Waals surface area contributed by atoms with E-state index in [1.807, 2.05) is 37.1 Å². The first-order chi connectivity index (χ1) is 9.54. The number of carbonyl (C=O) groups excluding carboxylic acids is 1. The molecule has 0 aromatic heterocycles. The molecule has 2 saturated carbocycles. The van der Waals surface area contributed by atoms with E-state index in [1.165, 1.54) is 25.7 Å². The van der Waals surface area contributed by atoms with Crippen molar-refractivity contribution in [3.8, 4) is 0 Å². The molecule has 3 rings (SSSR count). The minimum absolute atomic E-state index is 0.159. The lowest BCUT2D eigenvalue weighted by Crippen LogP contribution is -2.34. The maximum absolute atomic E-state index is 12.6. The van der Waals surface area contributed by atoms with Gasteiger partial charge in [0.05, 0.1) is 0 Å². The molecule has 0 radical (unpaired) electrons. The van der Waals surface area contributed by atoms with Gasteiger partial charge in [-0.1, -0.05) is 28.4 Å². The van der Waals surface area contributed by atoms with Crippen molar-refractivity contribution in [3.63, 3.8) is 0 Å². The molecule has 0 aliphatic heterocycles. The van der Waals surface area contributed by atoms with Crippen LogP contribution in [0.1, 0.15) is 41.6 Å². The zero-order chi connectivity index (χ0) is 14.3. The van der Waals surface area contributed by atoms with Gasteiger partial charge in [-0.2, -0.15) is 0 Å². The lowest BCUT2D eigenvalue weighted by Gasteiger charge is -2.27. The molecular formula is C17H22BrNO. The minimum Gasteiger partial charge on any atom is -0.341 e. The van der Waals surface area contributed by atoms with E-state index in [9.17, 15) is 4.79 Å². The SMILES string of the molecule is Cc1ccc(Br)cc1C(=O)N(C)CC1CC2CCC1C2. The predicted molar refractivity (Wildman–Crippen MR) is 84.8 cm³/mol. The first-order valence-electron chi connectivity index (χ1n) is 7.56. The summed E-state index contributed by atoms with van der Waals surface area (Å²) in [6.07, 6.45) is 5.54. The topological polar surface area (TPSA) is 20.3 Å². The second-order valence-corrected chi connectivity index (χ2v) is 7.50. The quantitative estimate of drug-likeness (QED) is 0.807. The summed E-state index contributed by atoms with van der Waals surface area (Å²) in [6, 6.07) is 5.93. The molecule has 2 fully saturated rings. The van der Waals surface area contributed by atoms with Crippen molar-refractivity contribution in [1.29, 1.82) is 0 Å². The van der Waals surface area contributed by atoms with Crippen LogP contribution in [0.25, 0.3) is 0 Å². The number of halogens is 1. The van der Waals surface area contributed by atoms with E-state index in [0.29, 0.717) is 0 Å². The highest BCUT2D eigenvalue weighted by atomic mass is 79.9.